The van der Waals surface area contributed by atoms with Gasteiger partial charge in [-0.3, -0.25) is 0 Å². The number of hydrogen-bond donors (Lipinski definition) is 0. The number of rotatable bonds is 3. The van der Waals surface area contributed by atoms with Gasteiger partial charge in [-0.15, -0.1) is 0 Å². The number of imidazole rings is 1. The van der Waals surface area contributed by atoms with Gasteiger partial charge in [0.25, 0.3) is 0 Å². The summed E-state index contributed by atoms with van der Waals surface area (Å²) in [5.74, 6) is -0.315. The molecule has 3 aromatic rings. The Balaban J connectivity index is 1.92. The molecule has 3 rings (SSSR count). The van der Waals surface area contributed by atoms with Crippen molar-refractivity contribution in [3.63, 3.8) is 0 Å². The molecule has 0 amide bonds. The molecule has 0 fully saturated rings. The molecule has 0 bridgehead atoms. The monoisotopic (exact) mass is 304 g/mol. The maximum atomic E-state index is 13.1. The Morgan fingerprint density at radius 3 is 2.52 bits per heavy atom. The molecule has 0 spiro atoms. The summed E-state index contributed by atoms with van der Waals surface area (Å²) in [5, 5.41) is 0. The van der Waals surface area contributed by atoms with E-state index in [1.54, 1.807) is 36.7 Å². The maximum Gasteiger partial charge on any atom is 0.175 e. The molecule has 108 valence electrons. The Kier molecular flexibility index (Phi) is 3.25. The van der Waals surface area contributed by atoms with Gasteiger partial charge in [-0.05, 0) is 29.8 Å². The van der Waals surface area contributed by atoms with Gasteiger partial charge in [-0.1, -0.05) is 12.1 Å². The Labute approximate surface area is 121 Å². The molecular weight excluding hydrogens is 291 g/mol. The van der Waals surface area contributed by atoms with E-state index in [1.165, 1.54) is 18.4 Å². The molecule has 0 aliphatic carbocycles. The Morgan fingerprint density at radius 1 is 1.14 bits per heavy atom. The lowest BCUT2D eigenvalue weighted by Crippen LogP contribution is -2.00. The van der Waals surface area contributed by atoms with Crippen LogP contribution in [0.25, 0.3) is 11.0 Å². The summed E-state index contributed by atoms with van der Waals surface area (Å²) < 4.78 is 37.9. The standard InChI is InChI=1S/C15H13FN2O2S/c1-21(19,20)13-5-2-11(3-6-13)9-18-10-17-14-8-12(16)4-7-15(14)18/h2-8,10H,9H2,1H3. The van der Waals surface area contributed by atoms with Crippen LogP contribution in [0.15, 0.2) is 53.7 Å². The molecule has 4 nitrogen and oxygen atoms in total. The van der Waals surface area contributed by atoms with Crippen LogP contribution in [0.5, 0.6) is 0 Å². The number of hydrogen-bond acceptors (Lipinski definition) is 3. The van der Waals surface area contributed by atoms with E-state index < -0.39 is 9.84 Å². The summed E-state index contributed by atoms with van der Waals surface area (Å²) in [5.41, 5.74) is 2.39. The predicted octanol–water partition coefficient (Wildman–Crippen LogP) is 2.63. The van der Waals surface area contributed by atoms with Crippen LogP contribution in [0.3, 0.4) is 0 Å². The first kappa shape index (κ1) is 13.8. The topological polar surface area (TPSA) is 52.0 Å². The van der Waals surface area contributed by atoms with Crippen LogP contribution in [-0.2, 0) is 16.4 Å². The third-order valence-corrected chi connectivity index (χ3v) is 4.42. The van der Waals surface area contributed by atoms with Gasteiger partial charge in [0.2, 0.25) is 0 Å². The van der Waals surface area contributed by atoms with E-state index in [2.05, 4.69) is 4.98 Å². The van der Waals surface area contributed by atoms with Gasteiger partial charge >= 0.3 is 0 Å². The van der Waals surface area contributed by atoms with Crippen LogP contribution in [0, 0.1) is 5.82 Å². The Bertz CT molecular complexity index is 899. The molecule has 0 aliphatic rings. The van der Waals surface area contributed by atoms with E-state index >= 15 is 0 Å². The smallest absolute Gasteiger partial charge is 0.175 e. The highest BCUT2D eigenvalue weighted by molar-refractivity contribution is 7.90. The summed E-state index contributed by atoms with van der Waals surface area (Å²) >= 11 is 0. The van der Waals surface area contributed by atoms with Gasteiger partial charge < -0.3 is 4.57 Å². The summed E-state index contributed by atoms with van der Waals surface area (Å²) in [7, 11) is -3.18. The molecule has 0 unspecified atom stereocenters. The zero-order valence-electron chi connectivity index (χ0n) is 11.3. The number of halogens is 1. The van der Waals surface area contributed by atoms with E-state index in [-0.39, 0.29) is 5.82 Å². The van der Waals surface area contributed by atoms with Crippen LogP contribution in [0.2, 0.25) is 0 Å². The number of sulfone groups is 1. The normalized spacial score (nSPS) is 11.9. The van der Waals surface area contributed by atoms with E-state index in [0.717, 1.165) is 11.1 Å². The number of fused-ring (bicyclic) bond motifs is 1. The Morgan fingerprint density at radius 2 is 1.86 bits per heavy atom. The molecule has 1 aromatic heterocycles. The molecule has 1 heterocycles. The predicted molar refractivity (Wildman–Crippen MR) is 78.3 cm³/mol. The first-order valence-corrected chi connectivity index (χ1v) is 8.22. The average molecular weight is 304 g/mol. The number of nitrogens with zero attached hydrogens (tertiary/aromatic N) is 2. The van der Waals surface area contributed by atoms with E-state index in [4.69, 9.17) is 0 Å². The van der Waals surface area contributed by atoms with E-state index in [1.807, 2.05) is 4.57 Å². The minimum absolute atomic E-state index is 0.295. The third-order valence-electron chi connectivity index (χ3n) is 3.29. The van der Waals surface area contributed by atoms with Crippen molar-refractivity contribution in [1.82, 2.24) is 9.55 Å². The van der Waals surface area contributed by atoms with Crippen LogP contribution in [-0.4, -0.2) is 24.2 Å². The molecular formula is C15H13FN2O2S. The fourth-order valence-electron chi connectivity index (χ4n) is 2.20. The highest BCUT2D eigenvalue weighted by Crippen LogP contribution is 2.17. The largest absolute Gasteiger partial charge is 0.326 e. The lowest BCUT2D eigenvalue weighted by Gasteiger charge is -2.05. The van der Waals surface area contributed by atoms with Gasteiger partial charge in [0, 0.05) is 18.9 Å². The van der Waals surface area contributed by atoms with Crippen molar-refractivity contribution in [3.8, 4) is 0 Å². The molecule has 0 radical (unpaired) electrons. The molecule has 0 N–H and O–H groups in total. The van der Waals surface area contributed by atoms with Crippen LogP contribution >= 0.6 is 0 Å². The first-order valence-electron chi connectivity index (χ1n) is 6.33. The highest BCUT2D eigenvalue weighted by atomic mass is 32.2. The van der Waals surface area contributed by atoms with Gasteiger partial charge in [-0.2, -0.15) is 0 Å². The molecule has 0 saturated heterocycles. The lowest BCUT2D eigenvalue weighted by atomic mass is 10.2. The van der Waals surface area contributed by atoms with Crippen molar-refractivity contribution < 1.29 is 12.8 Å². The second-order valence-electron chi connectivity index (χ2n) is 4.92. The average Bonchev–Trinajstić information content (AvgIpc) is 2.80. The SMILES string of the molecule is CS(=O)(=O)c1ccc(Cn2cnc3cc(F)ccc32)cc1. The van der Waals surface area contributed by atoms with Gasteiger partial charge in [0.1, 0.15) is 5.82 Å². The van der Waals surface area contributed by atoms with Crippen molar-refractivity contribution in [2.24, 2.45) is 0 Å². The van der Waals surface area contributed by atoms with E-state index in [0.29, 0.717) is 17.0 Å². The second kappa shape index (κ2) is 4.96. The van der Waals surface area contributed by atoms with Crippen molar-refractivity contribution in [3.05, 3.63) is 60.2 Å². The van der Waals surface area contributed by atoms with Crippen molar-refractivity contribution in [2.75, 3.05) is 6.26 Å². The van der Waals surface area contributed by atoms with Gasteiger partial charge in [0.15, 0.2) is 9.84 Å². The van der Waals surface area contributed by atoms with Crippen LogP contribution in [0.4, 0.5) is 4.39 Å². The summed E-state index contributed by atoms with van der Waals surface area (Å²) in [4.78, 5) is 4.45. The second-order valence-corrected chi connectivity index (χ2v) is 6.94. The Hall–Kier alpha value is -2.21. The van der Waals surface area contributed by atoms with E-state index in [9.17, 15) is 12.8 Å². The zero-order valence-corrected chi connectivity index (χ0v) is 12.1. The fraction of sp³-hybridized carbons (Fsp3) is 0.133. The molecule has 0 aliphatic heterocycles. The molecule has 0 saturated carbocycles. The summed E-state index contributed by atoms with van der Waals surface area (Å²) in [6.45, 7) is 0.548. The minimum Gasteiger partial charge on any atom is -0.326 e. The minimum atomic E-state index is -3.18. The van der Waals surface area contributed by atoms with Crippen molar-refractivity contribution in [2.45, 2.75) is 11.4 Å². The van der Waals surface area contributed by atoms with Gasteiger partial charge in [-0.25, -0.2) is 17.8 Å². The number of benzene rings is 2. The molecule has 21 heavy (non-hydrogen) atoms. The zero-order chi connectivity index (χ0) is 15.0. The molecule has 2 aromatic carbocycles. The summed E-state index contributed by atoms with van der Waals surface area (Å²) in [6.07, 6.45) is 2.83. The van der Waals surface area contributed by atoms with Crippen LogP contribution in [0.1, 0.15) is 5.56 Å². The lowest BCUT2D eigenvalue weighted by molar-refractivity contribution is 0.602. The maximum absolute atomic E-state index is 13.1. The number of aromatic nitrogens is 2. The fourth-order valence-corrected chi connectivity index (χ4v) is 2.83. The quantitative estimate of drug-likeness (QED) is 0.747. The van der Waals surface area contributed by atoms with Crippen LogP contribution < -0.4 is 0 Å². The molecule has 6 heteroatoms. The summed E-state index contributed by atoms with van der Waals surface area (Å²) in [6, 6.07) is 11.2. The van der Waals surface area contributed by atoms with Crippen molar-refractivity contribution >= 4 is 20.9 Å². The van der Waals surface area contributed by atoms with Crippen molar-refractivity contribution in [1.29, 1.82) is 0 Å². The molecule has 0 atom stereocenters. The highest BCUT2D eigenvalue weighted by Gasteiger charge is 2.08. The third kappa shape index (κ3) is 2.80. The van der Waals surface area contributed by atoms with Gasteiger partial charge in [0.05, 0.1) is 22.3 Å². The first-order chi connectivity index (χ1) is 9.93.